The van der Waals surface area contributed by atoms with Gasteiger partial charge in [-0.3, -0.25) is 4.79 Å². The van der Waals surface area contributed by atoms with Crippen LogP contribution in [0.3, 0.4) is 0 Å². The minimum atomic E-state index is -1.93. The maximum Gasteiger partial charge on any atom is 0.222 e. The van der Waals surface area contributed by atoms with Gasteiger partial charge in [0.25, 0.3) is 0 Å². The summed E-state index contributed by atoms with van der Waals surface area (Å²) in [5.74, 6) is 0.369. The number of hydrogen-bond acceptors (Lipinski definition) is 7. The van der Waals surface area contributed by atoms with E-state index in [-0.39, 0.29) is 17.1 Å². The van der Waals surface area contributed by atoms with Crippen LogP contribution < -0.4 is 4.74 Å². The Morgan fingerprint density at radius 1 is 1.30 bits per heavy atom. The van der Waals surface area contributed by atoms with Crippen molar-refractivity contribution in [3.63, 3.8) is 0 Å². The number of aromatic nitrogens is 1. The number of aliphatic hydroxyl groups is 3. The lowest BCUT2D eigenvalue weighted by molar-refractivity contribution is -0.177. The third-order valence-corrected chi connectivity index (χ3v) is 9.92. The van der Waals surface area contributed by atoms with E-state index in [9.17, 15) is 20.1 Å². The molecule has 0 aliphatic heterocycles. The number of allylic oxidation sites excluding steroid dienone is 1. The Labute approximate surface area is 196 Å². The Bertz CT molecular complexity index is 1230. The predicted molar refractivity (Wildman–Crippen MR) is 125 cm³/mol. The smallest absolute Gasteiger partial charge is 0.222 e. The van der Waals surface area contributed by atoms with Gasteiger partial charge in [0.2, 0.25) is 5.88 Å². The number of hydrogen-bond donors (Lipinski definition) is 3. The summed E-state index contributed by atoms with van der Waals surface area (Å²) in [5.41, 5.74) is -2.19. The van der Waals surface area contributed by atoms with E-state index in [0.29, 0.717) is 29.4 Å². The molecular formula is C26H29NO5S. The van der Waals surface area contributed by atoms with Crippen LogP contribution in [0.1, 0.15) is 33.6 Å². The third kappa shape index (κ3) is 2.54. The average Bonchev–Trinajstić information content (AvgIpc) is 3.07. The molecule has 2 aromatic rings. The molecule has 4 aliphatic carbocycles. The number of Topliss-reactive ketones (excluding diaryl/α,β-unsaturated/α-hetero) is 1. The number of fused-ring (bicyclic) bond motifs is 4. The molecule has 1 spiro atoms. The number of ether oxygens (including phenoxy) is 1. The molecule has 0 aromatic carbocycles. The van der Waals surface area contributed by atoms with Gasteiger partial charge in [-0.15, -0.1) is 11.3 Å². The Morgan fingerprint density at radius 2 is 2.09 bits per heavy atom. The highest BCUT2D eigenvalue weighted by molar-refractivity contribution is 7.17. The maximum atomic E-state index is 14.2. The molecule has 0 saturated heterocycles. The van der Waals surface area contributed by atoms with Gasteiger partial charge in [-0.05, 0) is 65.7 Å². The van der Waals surface area contributed by atoms with Crippen LogP contribution in [0.5, 0.6) is 5.88 Å². The number of nitrogens with zero attached hydrogens (tertiary/aromatic N) is 1. The first-order valence-corrected chi connectivity index (χ1v) is 12.5. The van der Waals surface area contributed by atoms with Crippen LogP contribution in [-0.2, 0) is 4.79 Å². The topological polar surface area (TPSA) is 99.9 Å². The van der Waals surface area contributed by atoms with E-state index in [1.165, 1.54) is 0 Å². The van der Waals surface area contributed by atoms with Gasteiger partial charge in [0.1, 0.15) is 6.10 Å². The van der Waals surface area contributed by atoms with E-state index in [2.05, 4.69) is 18.8 Å². The lowest BCUT2D eigenvalue weighted by Gasteiger charge is -2.46. The first-order valence-electron chi connectivity index (χ1n) is 11.6. The van der Waals surface area contributed by atoms with E-state index in [0.717, 1.165) is 16.5 Å². The summed E-state index contributed by atoms with van der Waals surface area (Å²) >= 11 is 1.57. The average molecular weight is 468 g/mol. The monoisotopic (exact) mass is 467 g/mol. The molecule has 6 rings (SSSR count). The number of carbonyl (C=O) groups excluding carboxylic acids is 1. The molecule has 0 amide bonds. The van der Waals surface area contributed by atoms with Gasteiger partial charge < -0.3 is 20.1 Å². The second-order valence-electron chi connectivity index (χ2n) is 10.8. The highest BCUT2D eigenvalue weighted by atomic mass is 32.1. The predicted octanol–water partition coefficient (Wildman–Crippen LogP) is 3.27. The van der Waals surface area contributed by atoms with Crippen LogP contribution in [0.4, 0.5) is 0 Å². The summed E-state index contributed by atoms with van der Waals surface area (Å²) in [6, 6.07) is 3.82. The summed E-state index contributed by atoms with van der Waals surface area (Å²) in [7, 11) is 0. The highest BCUT2D eigenvalue weighted by Gasteiger charge is 2.74. The Hall–Kier alpha value is -2.06. The van der Waals surface area contributed by atoms with E-state index in [4.69, 9.17) is 4.74 Å². The Balaban J connectivity index is 1.50. The second-order valence-corrected chi connectivity index (χ2v) is 11.8. The number of pyridine rings is 1. The van der Waals surface area contributed by atoms with E-state index in [1.54, 1.807) is 23.6 Å². The fourth-order valence-corrected chi connectivity index (χ4v) is 8.06. The summed E-state index contributed by atoms with van der Waals surface area (Å²) in [4.78, 5) is 18.6. The van der Waals surface area contributed by atoms with Crippen LogP contribution in [-0.4, -0.2) is 50.5 Å². The van der Waals surface area contributed by atoms with Crippen molar-refractivity contribution in [1.82, 2.24) is 4.98 Å². The minimum absolute atomic E-state index is 0.0260. The zero-order valence-corrected chi connectivity index (χ0v) is 19.8. The zero-order valence-electron chi connectivity index (χ0n) is 19.0. The van der Waals surface area contributed by atoms with Gasteiger partial charge in [-0.25, -0.2) is 4.98 Å². The van der Waals surface area contributed by atoms with Crippen molar-refractivity contribution in [2.24, 2.45) is 28.6 Å². The van der Waals surface area contributed by atoms with E-state index < -0.39 is 35.7 Å². The maximum absolute atomic E-state index is 14.2. The summed E-state index contributed by atoms with van der Waals surface area (Å²) < 4.78 is 7.37. The SMILES string of the molecule is CC1=C[C@@]23CCC4C([C@H](C=C(CO)[C@@H](O)[C@]2(O)[C@H]1Oc1nccc2sccc12)C3=O)C4(C)C. The van der Waals surface area contributed by atoms with Gasteiger partial charge in [-0.1, -0.05) is 26.0 Å². The van der Waals surface area contributed by atoms with E-state index in [1.807, 2.05) is 30.5 Å². The van der Waals surface area contributed by atoms with Crippen molar-refractivity contribution < 1.29 is 24.9 Å². The van der Waals surface area contributed by atoms with E-state index >= 15 is 0 Å². The Kier molecular flexibility index (Phi) is 4.39. The molecule has 2 aromatic heterocycles. The number of rotatable bonds is 3. The molecule has 2 fully saturated rings. The third-order valence-electron chi connectivity index (χ3n) is 9.04. The fraction of sp³-hybridized carbons (Fsp3) is 0.538. The molecule has 2 bridgehead atoms. The van der Waals surface area contributed by atoms with Crippen LogP contribution in [0.25, 0.3) is 10.1 Å². The van der Waals surface area contributed by atoms with Crippen molar-refractivity contribution >= 4 is 27.2 Å². The first-order chi connectivity index (χ1) is 15.7. The minimum Gasteiger partial charge on any atom is -0.466 e. The lowest BCUT2D eigenvalue weighted by atomic mass is 9.63. The first kappa shape index (κ1) is 21.5. The standard InChI is InChI=1S/C26H29NO5S/c1-13-11-25-7-4-17-19(24(17,2)3)16(21(25)30)10-14(12-28)20(29)26(25,31)22(13)32-23-15-6-9-33-18(15)5-8-27-23/h5-6,8-11,16-17,19-20,22,28-29,31H,4,7,12H2,1-3H3/t16-,17?,19?,20+,22-,25+,26-/m0/s1. The van der Waals surface area contributed by atoms with Crippen molar-refractivity contribution in [2.45, 2.75) is 51.4 Å². The number of carbonyl (C=O) groups is 1. The summed E-state index contributed by atoms with van der Waals surface area (Å²) in [6.45, 7) is 5.78. The van der Waals surface area contributed by atoms with Crippen molar-refractivity contribution in [3.05, 3.63) is 47.0 Å². The molecule has 0 radical (unpaired) electrons. The molecule has 7 heteroatoms. The molecular weight excluding hydrogens is 438 g/mol. The van der Waals surface area contributed by atoms with Crippen LogP contribution in [0.15, 0.2) is 47.0 Å². The molecule has 2 unspecified atom stereocenters. The van der Waals surface area contributed by atoms with Gasteiger partial charge in [0.05, 0.1) is 17.4 Å². The van der Waals surface area contributed by atoms with Gasteiger partial charge in [0, 0.05) is 16.8 Å². The molecule has 174 valence electrons. The summed E-state index contributed by atoms with van der Waals surface area (Å²) in [6.07, 6.45) is 4.08. The number of aliphatic hydroxyl groups excluding tert-OH is 2. The van der Waals surface area contributed by atoms with Gasteiger partial charge in [-0.2, -0.15) is 0 Å². The van der Waals surface area contributed by atoms with Crippen molar-refractivity contribution in [2.75, 3.05) is 6.61 Å². The zero-order chi connectivity index (χ0) is 23.3. The normalized spacial score (nSPS) is 40.9. The lowest BCUT2D eigenvalue weighted by Crippen LogP contribution is -2.64. The van der Waals surface area contributed by atoms with Gasteiger partial charge in [0.15, 0.2) is 17.5 Å². The summed E-state index contributed by atoms with van der Waals surface area (Å²) in [5, 5.41) is 36.9. The molecule has 7 atom stereocenters. The fourth-order valence-electron chi connectivity index (χ4n) is 7.29. The molecule has 2 heterocycles. The van der Waals surface area contributed by atoms with Gasteiger partial charge >= 0.3 is 0 Å². The molecule has 4 aliphatic rings. The quantitative estimate of drug-likeness (QED) is 0.599. The second kappa shape index (κ2) is 6.75. The van der Waals surface area contributed by atoms with Crippen molar-refractivity contribution in [3.8, 4) is 5.88 Å². The number of ketones is 1. The number of thiophene rings is 1. The molecule has 2 saturated carbocycles. The van der Waals surface area contributed by atoms with Crippen LogP contribution in [0.2, 0.25) is 0 Å². The largest absolute Gasteiger partial charge is 0.466 e. The van der Waals surface area contributed by atoms with Crippen LogP contribution in [0, 0.1) is 28.6 Å². The molecule has 33 heavy (non-hydrogen) atoms. The highest BCUT2D eigenvalue weighted by Crippen LogP contribution is 2.70. The van der Waals surface area contributed by atoms with Crippen molar-refractivity contribution in [1.29, 1.82) is 0 Å². The van der Waals surface area contributed by atoms with Crippen LogP contribution >= 0.6 is 11.3 Å². The molecule has 6 nitrogen and oxygen atoms in total. The molecule has 3 N–H and O–H groups in total. The Morgan fingerprint density at radius 3 is 2.85 bits per heavy atom.